The number of nitrogens with zero attached hydrogens (tertiary/aromatic N) is 1. The molecule has 2 amide bonds. The standard InChI is InChI=1S/C18H24N2O3S/c1-2-4-15(19-17(21)14-5-3-9-23-12-14)18(22)20-8-6-16-13(11-20)7-10-24-16/h7,10,12,15H,2-6,8-9,11H2,1H3,(H,19,21)/t15-/m0/s1. The zero-order chi connectivity index (χ0) is 16.9. The van der Waals surface area contributed by atoms with Gasteiger partial charge in [0.2, 0.25) is 5.91 Å². The van der Waals surface area contributed by atoms with Crippen molar-refractivity contribution >= 4 is 23.2 Å². The van der Waals surface area contributed by atoms with Crippen LogP contribution in [0.5, 0.6) is 0 Å². The highest BCUT2D eigenvalue weighted by molar-refractivity contribution is 7.10. The topological polar surface area (TPSA) is 58.6 Å². The first-order valence-electron chi connectivity index (χ1n) is 8.64. The summed E-state index contributed by atoms with van der Waals surface area (Å²) in [6, 6.07) is 1.64. The lowest BCUT2D eigenvalue weighted by Crippen LogP contribution is -2.50. The smallest absolute Gasteiger partial charge is 0.250 e. The normalized spacial score (nSPS) is 18.2. The molecule has 2 aliphatic rings. The predicted molar refractivity (Wildman–Crippen MR) is 93.5 cm³/mol. The molecular formula is C18H24N2O3S. The van der Waals surface area contributed by atoms with Crippen molar-refractivity contribution in [3.63, 3.8) is 0 Å². The molecule has 130 valence electrons. The van der Waals surface area contributed by atoms with Crippen LogP contribution in [0.4, 0.5) is 0 Å². The molecule has 0 unspecified atom stereocenters. The third-order valence-electron chi connectivity index (χ3n) is 4.53. The van der Waals surface area contributed by atoms with E-state index in [0.717, 1.165) is 25.8 Å². The molecule has 3 heterocycles. The van der Waals surface area contributed by atoms with E-state index in [2.05, 4.69) is 16.8 Å². The van der Waals surface area contributed by atoms with E-state index in [0.29, 0.717) is 31.6 Å². The van der Waals surface area contributed by atoms with E-state index in [1.807, 2.05) is 11.8 Å². The van der Waals surface area contributed by atoms with Crippen molar-refractivity contribution < 1.29 is 14.3 Å². The van der Waals surface area contributed by atoms with E-state index in [-0.39, 0.29) is 11.8 Å². The molecule has 0 bridgehead atoms. The van der Waals surface area contributed by atoms with Gasteiger partial charge in [0.25, 0.3) is 5.91 Å². The molecule has 0 spiro atoms. The minimum atomic E-state index is -0.453. The number of nitrogens with one attached hydrogen (secondary N) is 1. The van der Waals surface area contributed by atoms with E-state index < -0.39 is 6.04 Å². The molecule has 0 radical (unpaired) electrons. The van der Waals surface area contributed by atoms with Gasteiger partial charge in [-0.3, -0.25) is 9.59 Å². The molecule has 0 aromatic carbocycles. The number of amides is 2. The molecule has 0 saturated carbocycles. The van der Waals surface area contributed by atoms with E-state index in [4.69, 9.17) is 4.74 Å². The van der Waals surface area contributed by atoms with Crippen LogP contribution in [0.3, 0.4) is 0 Å². The number of thiophene rings is 1. The molecule has 5 nitrogen and oxygen atoms in total. The first-order valence-corrected chi connectivity index (χ1v) is 9.52. The summed E-state index contributed by atoms with van der Waals surface area (Å²) in [5, 5.41) is 5.01. The van der Waals surface area contributed by atoms with Gasteiger partial charge in [-0.1, -0.05) is 13.3 Å². The quantitative estimate of drug-likeness (QED) is 0.890. The summed E-state index contributed by atoms with van der Waals surface area (Å²) in [4.78, 5) is 28.6. The van der Waals surface area contributed by atoms with Crippen molar-refractivity contribution in [1.29, 1.82) is 0 Å². The number of carbonyl (C=O) groups is 2. The van der Waals surface area contributed by atoms with Crippen molar-refractivity contribution in [2.75, 3.05) is 13.2 Å². The van der Waals surface area contributed by atoms with Crippen LogP contribution in [-0.4, -0.2) is 35.9 Å². The van der Waals surface area contributed by atoms with Crippen molar-refractivity contribution in [3.8, 4) is 0 Å². The molecular weight excluding hydrogens is 324 g/mol. The first kappa shape index (κ1) is 17.0. The maximum atomic E-state index is 12.9. The SMILES string of the molecule is CCC[C@H](NC(=O)C1=COCCC1)C(=O)N1CCc2sccc2C1. The van der Waals surface area contributed by atoms with Gasteiger partial charge in [-0.2, -0.15) is 0 Å². The summed E-state index contributed by atoms with van der Waals surface area (Å²) in [5.41, 5.74) is 1.87. The fraction of sp³-hybridized carbons (Fsp3) is 0.556. The third kappa shape index (κ3) is 3.80. The van der Waals surface area contributed by atoms with Crippen LogP contribution in [0.15, 0.2) is 23.3 Å². The Bertz CT molecular complexity index is 638. The largest absolute Gasteiger partial charge is 0.501 e. The zero-order valence-corrected chi connectivity index (χ0v) is 14.9. The van der Waals surface area contributed by atoms with Crippen LogP contribution < -0.4 is 5.32 Å². The van der Waals surface area contributed by atoms with Crippen molar-refractivity contribution in [2.45, 2.75) is 51.6 Å². The van der Waals surface area contributed by atoms with E-state index in [9.17, 15) is 9.59 Å². The van der Waals surface area contributed by atoms with Gasteiger partial charge in [-0.25, -0.2) is 0 Å². The van der Waals surface area contributed by atoms with Gasteiger partial charge in [0.15, 0.2) is 0 Å². The van der Waals surface area contributed by atoms with Crippen LogP contribution in [0.1, 0.15) is 43.0 Å². The first-order chi connectivity index (χ1) is 11.7. The lowest BCUT2D eigenvalue weighted by molar-refractivity contribution is -0.136. The number of rotatable bonds is 5. The Morgan fingerprint density at radius 3 is 3.04 bits per heavy atom. The molecule has 1 atom stereocenters. The number of hydrogen-bond donors (Lipinski definition) is 1. The van der Waals surface area contributed by atoms with Crippen LogP contribution in [0.25, 0.3) is 0 Å². The Balaban J connectivity index is 1.65. The molecule has 1 N–H and O–H groups in total. The van der Waals surface area contributed by atoms with Gasteiger partial charge in [-0.15, -0.1) is 11.3 Å². The van der Waals surface area contributed by atoms with Gasteiger partial charge >= 0.3 is 0 Å². The second-order valence-electron chi connectivity index (χ2n) is 6.31. The number of hydrogen-bond acceptors (Lipinski definition) is 4. The van der Waals surface area contributed by atoms with Crippen LogP contribution in [0.2, 0.25) is 0 Å². The Morgan fingerprint density at radius 2 is 2.29 bits per heavy atom. The second kappa shape index (κ2) is 7.83. The second-order valence-corrected chi connectivity index (χ2v) is 7.31. The summed E-state index contributed by atoms with van der Waals surface area (Å²) in [5.74, 6) is -0.144. The molecule has 24 heavy (non-hydrogen) atoms. The Morgan fingerprint density at radius 1 is 1.42 bits per heavy atom. The van der Waals surface area contributed by atoms with Crippen molar-refractivity contribution in [3.05, 3.63) is 33.7 Å². The number of fused-ring (bicyclic) bond motifs is 1. The van der Waals surface area contributed by atoms with Crippen LogP contribution >= 0.6 is 11.3 Å². The molecule has 1 aromatic rings. The summed E-state index contributed by atoms with van der Waals surface area (Å²) in [6.45, 7) is 4.07. The lowest BCUT2D eigenvalue weighted by Gasteiger charge is -2.31. The Kier molecular flexibility index (Phi) is 5.56. The molecule has 0 saturated heterocycles. The monoisotopic (exact) mass is 348 g/mol. The maximum absolute atomic E-state index is 12.9. The van der Waals surface area contributed by atoms with Crippen molar-refractivity contribution in [1.82, 2.24) is 10.2 Å². The van der Waals surface area contributed by atoms with Gasteiger partial charge < -0.3 is 15.0 Å². The summed E-state index contributed by atoms with van der Waals surface area (Å²) < 4.78 is 5.23. The summed E-state index contributed by atoms with van der Waals surface area (Å²) in [7, 11) is 0. The molecule has 6 heteroatoms. The Hall–Kier alpha value is -1.82. The number of ether oxygens (including phenoxy) is 1. The average molecular weight is 348 g/mol. The maximum Gasteiger partial charge on any atom is 0.250 e. The molecule has 2 aliphatic heterocycles. The molecule has 0 aliphatic carbocycles. The van der Waals surface area contributed by atoms with E-state index in [1.165, 1.54) is 16.7 Å². The van der Waals surface area contributed by atoms with Crippen LogP contribution in [0, 0.1) is 0 Å². The minimum absolute atomic E-state index is 0.0272. The van der Waals surface area contributed by atoms with Gasteiger partial charge in [0.05, 0.1) is 18.4 Å². The Labute approximate surface area is 146 Å². The highest BCUT2D eigenvalue weighted by Crippen LogP contribution is 2.24. The fourth-order valence-electron chi connectivity index (χ4n) is 3.19. The van der Waals surface area contributed by atoms with E-state index >= 15 is 0 Å². The third-order valence-corrected chi connectivity index (χ3v) is 5.55. The van der Waals surface area contributed by atoms with Crippen molar-refractivity contribution in [2.24, 2.45) is 0 Å². The van der Waals surface area contributed by atoms with Crippen LogP contribution in [-0.2, 0) is 27.3 Å². The molecule has 3 rings (SSSR count). The summed E-state index contributed by atoms with van der Waals surface area (Å²) in [6.07, 6.45) is 5.50. The van der Waals surface area contributed by atoms with Gasteiger partial charge in [0.1, 0.15) is 6.04 Å². The molecule has 1 aromatic heterocycles. The lowest BCUT2D eigenvalue weighted by atomic mass is 10.0. The minimum Gasteiger partial charge on any atom is -0.501 e. The average Bonchev–Trinajstić information content (AvgIpc) is 3.09. The predicted octanol–water partition coefficient (Wildman–Crippen LogP) is 2.61. The van der Waals surface area contributed by atoms with E-state index in [1.54, 1.807) is 11.3 Å². The fourth-order valence-corrected chi connectivity index (χ4v) is 4.08. The summed E-state index contributed by atoms with van der Waals surface area (Å²) >= 11 is 1.76. The van der Waals surface area contributed by atoms with Gasteiger partial charge in [0, 0.05) is 18.0 Å². The highest BCUT2D eigenvalue weighted by atomic mass is 32.1. The number of carbonyl (C=O) groups excluding carboxylic acids is 2. The van der Waals surface area contributed by atoms with Gasteiger partial charge in [-0.05, 0) is 42.7 Å². The zero-order valence-electron chi connectivity index (χ0n) is 14.0. The highest BCUT2D eigenvalue weighted by Gasteiger charge is 2.29. The molecule has 0 fully saturated rings.